The van der Waals surface area contributed by atoms with E-state index < -0.39 is 0 Å². The maximum Gasteiger partial charge on any atom is 0.0779 e. The van der Waals surface area contributed by atoms with E-state index in [0.29, 0.717) is 6.54 Å². The van der Waals surface area contributed by atoms with Gasteiger partial charge in [0.1, 0.15) is 0 Å². The first kappa shape index (κ1) is 6.37. The maximum atomic E-state index is 8.11. The maximum absolute atomic E-state index is 8.11. The Labute approximate surface area is 43.2 Å². The van der Waals surface area contributed by atoms with Crippen LogP contribution in [0.5, 0.6) is 0 Å². The summed E-state index contributed by atoms with van der Waals surface area (Å²) in [6.07, 6.45) is 3.12. The van der Waals surface area contributed by atoms with E-state index in [1.807, 2.05) is 0 Å². The van der Waals surface area contributed by atoms with Gasteiger partial charge >= 0.3 is 0 Å². The van der Waals surface area contributed by atoms with Gasteiger partial charge < -0.3 is 5.11 Å². The lowest BCUT2D eigenvalue weighted by Gasteiger charge is -1.76. The molecule has 0 aliphatic rings. The van der Waals surface area contributed by atoms with Crippen molar-refractivity contribution in [2.75, 3.05) is 13.2 Å². The highest BCUT2D eigenvalue weighted by Gasteiger charge is 1.63. The number of nitrogens with zero attached hydrogens (tertiary/aromatic N) is 1. The zero-order valence-corrected chi connectivity index (χ0v) is 4.17. The molecule has 0 aromatic heterocycles. The highest BCUT2D eigenvalue weighted by molar-refractivity contribution is 5.58. The molecule has 2 heteroatoms. The van der Waals surface area contributed by atoms with Gasteiger partial charge in [-0.1, -0.05) is 6.08 Å². The summed E-state index contributed by atoms with van der Waals surface area (Å²) < 4.78 is 0. The molecule has 0 aromatic carbocycles. The van der Waals surface area contributed by atoms with Crippen molar-refractivity contribution in [3.63, 3.8) is 0 Å². The number of hydrogen-bond acceptors (Lipinski definition) is 2. The van der Waals surface area contributed by atoms with Crippen LogP contribution in [0.1, 0.15) is 0 Å². The normalized spacial score (nSPS) is 9.86. The van der Waals surface area contributed by atoms with Crippen LogP contribution in [-0.4, -0.2) is 24.5 Å². The van der Waals surface area contributed by atoms with Crippen LogP contribution in [0.4, 0.5) is 0 Å². The van der Waals surface area contributed by atoms with Gasteiger partial charge in [-0.05, 0) is 0 Å². The Morgan fingerprint density at radius 2 is 2.43 bits per heavy atom. The average molecular weight is 99.1 g/mol. The molecule has 0 aliphatic carbocycles. The molecule has 0 heterocycles. The van der Waals surface area contributed by atoms with Crippen molar-refractivity contribution in [3.8, 4) is 0 Å². The zero-order valence-electron chi connectivity index (χ0n) is 4.17. The lowest BCUT2D eigenvalue weighted by molar-refractivity contribution is 0.361. The van der Waals surface area contributed by atoms with Crippen LogP contribution in [0.15, 0.2) is 17.6 Å². The molecular weight excluding hydrogens is 90.1 g/mol. The summed E-state index contributed by atoms with van der Waals surface area (Å²) in [7, 11) is 0. The van der Waals surface area contributed by atoms with Crippen LogP contribution < -0.4 is 0 Å². The summed E-state index contributed by atoms with van der Waals surface area (Å²) in [6.45, 7) is 4.06. The first-order chi connectivity index (χ1) is 3.41. The van der Waals surface area contributed by atoms with Gasteiger partial charge in [-0.3, -0.25) is 4.99 Å². The molecule has 0 spiro atoms. The smallest absolute Gasteiger partial charge is 0.0779 e. The highest BCUT2D eigenvalue weighted by Crippen LogP contribution is 1.64. The minimum Gasteiger partial charge on any atom is -0.391 e. The Bertz CT molecular complexity index is 68.5. The van der Waals surface area contributed by atoms with Gasteiger partial charge in [0.25, 0.3) is 0 Å². The fourth-order valence-electron chi connectivity index (χ4n) is 0.207. The molecular formula is C5H9NO. The van der Waals surface area contributed by atoms with Crippen LogP contribution in [0.2, 0.25) is 0 Å². The summed E-state index contributed by atoms with van der Waals surface area (Å²) >= 11 is 0. The molecule has 0 saturated heterocycles. The van der Waals surface area contributed by atoms with Crippen molar-refractivity contribution in [2.24, 2.45) is 4.99 Å². The fourth-order valence-corrected chi connectivity index (χ4v) is 0.207. The summed E-state index contributed by atoms with van der Waals surface area (Å²) in [5.74, 6) is 0. The molecule has 40 valence electrons. The minimum absolute atomic E-state index is 0.0217. The van der Waals surface area contributed by atoms with Crippen molar-refractivity contribution < 1.29 is 5.11 Å². The van der Waals surface area contributed by atoms with Gasteiger partial charge in [0.05, 0.1) is 13.2 Å². The van der Waals surface area contributed by atoms with Crippen molar-refractivity contribution in [2.45, 2.75) is 0 Å². The van der Waals surface area contributed by atoms with E-state index in [2.05, 4.69) is 11.6 Å². The van der Waals surface area contributed by atoms with Gasteiger partial charge in [0, 0.05) is 6.21 Å². The summed E-state index contributed by atoms with van der Waals surface area (Å²) in [6, 6.07) is 0. The van der Waals surface area contributed by atoms with Gasteiger partial charge in [-0.15, -0.1) is 6.58 Å². The molecule has 0 radical (unpaired) electrons. The third-order valence-corrected chi connectivity index (χ3v) is 0.445. The number of aliphatic imine (C=N–C) groups is 1. The highest BCUT2D eigenvalue weighted by atomic mass is 16.2. The molecule has 0 aromatic rings. The predicted octanol–water partition coefficient (Wildman–Crippen LogP) is 0.235. The van der Waals surface area contributed by atoms with E-state index >= 15 is 0 Å². The summed E-state index contributed by atoms with van der Waals surface area (Å²) in [4.78, 5) is 3.72. The van der Waals surface area contributed by atoms with Crippen LogP contribution in [-0.2, 0) is 0 Å². The fraction of sp³-hybridized carbons (Fsp3) is 0.400. The standard InChI is InChI=1S/C5H9NO/c1-2-3-6-4-5-7/h2,4,7H,1,3,5H2/b6-4-. The van der Waals surface area contributed by atoms with Gasteiger partial charge in [0.2, 0.25) is 0 Å². The second kappa shape index (κ2) is 5.37. The molecule has 1 N–H and O–H groups in total. The Hall–Kier alpha value is -0.630. The SMILES string of the molecule is C=CC/N=C\CO. The molecule has 7 heavy (non-hydrogen) atoms. The zero-order chi connectivity index (χ0) is 5.54. The number of aliphatic hydroxyl groups excluding tert-OH is 1. The first-order valence-electron chi connectivity index (χ1n) is 2.12. The monoisotopic (exact) mass is 99.1 g/mol. The summed E-state index contributed by atoms with van der Waals surface area (Å²) in [5.41, 5.74) is 0. The third-order valence-electron chi connectivity index (χ3n) is 0.445. The molecule has 0 saturated carbocycles. The molecule has 0 bridgehead atoms. The predicted molar refractivity (Wildman–Crippen MR) is 30.6 cm³/mol. The summed E-state index contributed by atoms with van der Waals surface area (Å²) in [5, 5.41) is 8.11. The van der Waals surface area contributed by atoms with Gasteiger partial charge in [0.15, 0.2) is 0 Å². The largest absolute Gasteiger partial charge is 0.391 e. The molecule has 0 unspecified atom stereocenters. The molecule has 0 fully saturated rings. The Morgan fingerprint density at radius 3 is 2.86 bits per heavy atom. The van der Waals surface area contributed by atoms with Gasteiger partial charge in [-0.25, -0.2) is 0 Å². The molecule has 2 nitrogen and oxygen atoms in total. The lowest BCUT2D eigenvalue weighted by atomic mass is 10.6. The Morgan fingerprint density at radius 1 is 1.71 bits per heavy atom. The van der Waals surface area contributed by atoms with Crippen LogP contribution >= 0.6 is 0 Å². The first-order valence-corrected chi connectivity index (χ1v) is 2.12. The van der Waals surface area contributed by atoms with Crippen LogP contribution in [0.25, 0.3) is 0 Å². The molecule has 0 rings (SSSR count). The van der Waals surface area contributed by atoms with E-state index in [0.717, 1.165) is 0 Å². The second-order valence-electron chi connectivity index (χ2n) is 1.02. The second-order valence-corrected chi connectivity index (χ2v) is 1.02. The van der Waals surface area contributed by atoms with Crippen LogP contribution in [0, 0.1) is 0 Å². The quantitative estimate of drug-likeness (QED) is 0.399. The molecule has 0 amide bonds. The molecule has 0 atom stereocenters. The number of hydrogen-bond donors (Lipinski definition) is 1. The molecule has 0 aliphatic heterocycles. The number of aliphatic hydroxyl groups is 1. The van der Waals surface area contributed by atoms with E-state index in [-0.39, 0.29) is 6.61 Å². The number of rotatable bonds is 3. The van der Waals surface area contributed by atoms with Crippen molar-refractivity contribution >= 4 is 6.21 Å². The topological polar surface area (TPSA) is 32.6 Å². The van der Waals surface area contributed by atoms with E-state index in [4.69, 9.17) is 5.11 Å². The average Bonchev–Trinajstić information content (AvgIpc) is 1.69. The van der Waals surface area contributed by atoms with Gasteiger partial charge in [-0.2, -0.15) is 0 Å². The minimum atomic E-state index is 0.0217. The van der Waals surface area contributed by atoms with Crippen molar-refractivity contribution in [1.82, 2.24) is 0 Å². The van der Waals surface area contributed by atoms with E-state index in [1.54, 1.807) is 6.08 Å². The van der Waals surface area contributed by atoms with Crippen molar-refractivity contribution in [1.29, 1.82) is 0 Å². The Kier molecular flexibility index (Phi) is 4.89. The van der Waals surface area contributed by atoms with Crippen LogP contribution in [0.3, 0.4) is 0 Å². The van der Waals surface area contributed by atoms with Crippen molar-refractivity contribution in [3.05, 3.63) is 12.7 Å². The third kappa shape index (κ3) is 5.37. The lowest BCUT2D eigenvalue weighted by Crippen LogP contribution is -1.81. The van der Waals surface area contributed by atoms with E-state index in [1.165, 1.54) is 6.21 Å². The van der Waals surface area contributed by atoms with E-state index in [9.17, 15) is 0 Å². The Balaban J connectivity index is 2.92.